The van der Waals surface area contributed by atoms with Crippen LogP contribution in [0.25, 0.3) is 6.08 Å². The highest BCUT2D eigenvalue weighted by Crippen LogP contribution is 2.50. The Hall–Kier alpha value is -3.00. The van der Waals surface area contributed by atoms with Gasteiger partial charge in [-0.15, -0.1) is 0 Å². The van der Waals surface area contributed by atoms with E-state index >= 15 is 0 Å². The van der Waals surface area contributed by atoms with Gasteiger partial charge in [-0.2, -0.15) is 0 Å². The number of hydrogen-bond acceptors (Lipinski definition) is 6. The van der Waals surface area contributed by atoms with Gasteiger partial charge in [-0.05, 0) is 67.3 Å². The van der Waals surface area contributed by atoms with Crippen molar-refractivity contribution in [2.45, 2.75) is 38.6 Å². The van der Waals surface area contributed by atoms with Gasteiger partial charge in [-0.25, -0.2) is 0 Å². The van der Waals surface area contributed by atoms with Gasteiger partial charge in [-0.1, -0.05) is 48.0 Å². The number of Topliss-reactive ketones (excluding diaryl/α,β-unsaturated/α-hetero) is 2. The predicted octanol–water partition coefficient (Wildman–Crippen LogP) is 4.08. The molecule has 0 saturated carbocycles. The summed E-state index contributed by atoms with van der Waals surface area (Å²) in [4.78, 5) is 26.9. The summed E-state index contributed by atoms with van der Waals surface area (Å²) in [6.07, 6.45) is 3.45. The van der Waals surface area contributed by atoms with Crippen LogP contribution >= 0.6 is 0 Å². The number of rotatable bonds is 5. The Morgan fingerprint density at radius 2 is 1.74 bits per heavy atom. The molecule has 1 fully saturated rings. The van der Waals surface area contributed by atoms with Crippen LogP contribution in [0, 0.1) is 17.8 Å². The maximum atomic E-state index is 13.6. The summed E-state index contributed by atoms with van der Waals surface area (Å²) >= 11 is 0. The molecule has 1 aliphatic heterocycles. The van der Waals surface area contributed by atoms with Gasteiger partial charge in [0.1, 0.15) is 5.75 Å². The standard InChI is InChI=1S/C28H29BO6/c1-16(12-17-7-9-19(31)10-8-17)6-11-24-25-18(15-30)13-22-26(23(25)14-29(34)35-24)28(33)21-5-3-2-4-20(21)27(22)32/h2-5,7-10,12,22-24,26,30-31,34H,6,11,13-15H2,1H3/b16-12+/t22-,23+,24-,26-/m1/s1. The van der Waals surface area contributed by atoms with Crippen molar-refractivity contribution in [3.63, 3.8) is 0 Å². The predicted molar refractivity (Wildman–Crippen MR) is 133 cm³/mol. The normalized spacial score (nSPS) is 26.4. The van der Waals surface area contributed by atoms with Crippen molar-refractivity contribution in [2.24, 2.45) is 17.8 Å². The smallest absolute Gasteiger partial charge is 0.455 e. The molecule has 2 aromatic carbocycles. The topological polar surface area (TPSA) is 104 Å². The van der Waals surface area contributed by atoms with Gasteiger partial charge in [0.2, 0.25) is 0 Å². The van der Waals surface area contributed by atoms with Crippen LogP contribution in [-0.4, -0.2) is 46.6 Å². The van der Waals surface area contributed by atoms with E-state index < -0.39 is 25.1 Å². The first-order valence-electron chi connectivity index (χ1n) is 12.2. The van der Waals surface area contributed by atoms with Crippen LogP contribution in [-0.2, 0) is 4.65 Å². The van der Waals surface area contributed by atoms with Gasteiger partial charge < -0.3 is 19.9 Å². The van der Waals surface area contributed by atoms with Gasteiger partial charge in [0.25, 0.3) is 0 Å². The second-order valence-electron chi connectivity index (χ2n) is 9.87. The van der Waals surface area contributed by atoms with E-state index in [-0.39, 0.29) is 36.2 Å². The molecule has 1 heterocycles. The summed E-state index contributed by atoms with van der Waals surface area (Å²) in [5.41, 5.74) is 4.64. The molecule has 0 aromatic heterocycles. The first-order chi connectivity index (χ1) is 16.9. The lowest BCUT2D eigenvalue weighted by Gasteiger charge is -2.47. The minimum atomic E-state index is -1.03. The Labute approximate surface area is 205 Å². The molecule has 6 nitrogen and oxygen atoms in total. The number of hydrogen-bond donors (Lipinski definition) is 3. The molecule has 1 saturated heterocycles. The molecule has 0 amide bonds. The lowest BCUT2D eigenvalue weighted by molar-refractivity contribution is 0.0590. The van der Waals surface area contributed by atoms with Gasteiger partial charge >= 0.3 is 7.12 Å². The lowest BCUT2D eigenvalue weighted by atomic mass is 9.54. The quantitative estimate of drug-likeness (QED) is 0.448. The summed E-state index contributed by atoms with van der Waals surface area (Å²) < 4.78 is 5.95. The van der Waals surface area contributed by atoms with Crippen molar-refractivity contribution < 1.29 is 29.5 Å². The van der Waals surface area contributed by atoms with Crippen molar-refractivity contribution in [1.82, 2.24) is 0 Å². The number of aromatic hydroxyl groups is 1. The van der Waals surface area contributed by atoms with Gasteiger partial charge in [-0.3, -0.25) is 9.59 Å². The maximum Gasteiger partial charge on any atom is 0.455 e. The second-order valence-corrected chi connectivity index (χ2v) is 9.87. The molecular formula is C28H29BO6. The molecule has 4 atom stereocenters. The number of aliphatic hydroxyl groups is 1. The van der Waals surface area contributed by atoms with E-state index in [1.807, 2.05) is 25.1 Å². The number of ketones is 2. The van der Waals surface area contributed by atoms with Crippen molar-refractivity contribution in [2.75, 3.05) is 6.61 Å². The Morgan fingerprint density at radius 3 is 2.43 bits per heavy atom. The Morgan fingerprint density at radius 1 is 1.06 bits per heavy atom. The van der Waals surface area contributed by atoms with E-state index in [0.29, 0.717) is 30.4 Å². The van der Waals surface area contributed by atoms with Gasteiger partial charge in [0.05, 0.1) is 12.7 Å². The molecule has 2 aliphatic carbocycles. The number of aliphatic hydroxyl groups excluding tert-OH is 1. The SMILES string of the molecule is C/C(=C\c1ccc(O)cc1)CC[C@H]1OB(O)C[C@H]2C1=C(CO)C[C@H]1C(=O)c3ccccc3C(=O)[C@H]12. The zero-order chi connectivity index (χ0) is 24.7. The minimum absolute atomic E-state index is 0.0547. The lowest BCUT2D eigenvalue weighted by Crippen LogP contribution is -2.51. The fourth-order valence-electron chi connectivity index (χ4n) is 6.10. The van der Waals surface area contributed by atoms with Crippen molar-refractivity contribution >= 4 is 24.8 Å². The zero-order valence-corrected chi connectivity index (χ0v) is 19.7. The summed E-state index contributed by atoms with van der Waals surface area (Å²) in [6.45, 7) is 1.82. The fourth-order valence-corrected chi connectivity index (χ4v) is 6.10. The van der Waals surface area contributed by atoms with Crippen LogP contribution in [0.5, 0.6) is 5.75 Å². The number of phenolic OH excluding ortho intramolecular Hbond substituents is 1. The van der Waals surface area contributed by atoms with E-state index in [1.54, 1.807) is 36.4 Å². The highest BCUT2D eigenvalue weighted by atomic mass is 16.5. The first-order valence-corrected chi connectivity index (χ1v) is 12.2. The molecule has 5 rings (SSSR count). The third kappa shape index (κ3) is 4.40. The Balaban J connectivity index is 1.43. The third-order valence-electron chi connectivity index (χ3n) is 7.66. The molecule has 0 unspecified atom stereocenters. The molecule has 3 N–H and O–H groups in total. The maximum absolute atomic E-state index is 13.6. The summed E-state index contributed by atoms with van der Waals surface area (Å²) in [6, 6.07) is 13.9. The minimum Gasteiger partial charge on any atom is -0.508 e. The summed E-state index contributed by atoms with van der Waals surface area (Å²) in [7, 11) is -1.03. The number of fused-ring (bicyclic) bond motifs is 4. The number of phenols is 1. The summed E-state index contributed by atoms with van der Waals surface area (Å²) in [5, 5.41) is 30.3. The van der Waals surface area contributed by atoms with E-state index in [0.717, 1.165) is 22.3 Å². The van der Waals surface area contributed by atoms with Crippen LogP contribution in [0.2, 0.25) is 6.32 Å². The highest BCUT2D eigenvalue weighted by molar-refractivity contribution is 6.43. The Bertz CT molecular complexity index is 1210. The van der Waals surface area contributed by atoms with E-state index in [2.05, 4.69) is 0 Å². The molecule has 0 bridgehead atoms. The third-order valence-corrected chi connectivity index (χ3v) is 7.66. The van der Waals surface area contributed by atoms with Crippen molar-refractivity contribution in [1.29, 1.82) is 0 Å². The van der Waals surface area contributed by atoms with Gasteiger partial charge in [0, 0.05) is 23.0 Å². The largest absolute Gasteiger partial charge is 0.508 e. The van der Waals surface area contributed by atoms with Crippen LogP contribution in [0.4, 0.5) is 0 Å². The molecular weight excluding hydrogens is 443 g/mol. The zero-order valence-electron chi connectivity index (χ0n) is 19.7. The number of carbonyl (C=O) groups excluding carboxylic acids is 2. The number of carbonyl (C=O) groups is 2. The van der Waals surface area contributed by atoms with Crippen LogP contribution in [0.15, 0.2) is 65.3 Å². The molecule has 3 aliphatic rings. The van der Waals surface area contributed by atoms with Crippen molar-refractivity contribution in [3.8, 4) is 5.75 Å². The van der Waals surface area contributed by atoms with Gasteiger partial charge in [0.15, 0.2) is 11.6 Å². The Kier molecular flexibility index (Phi) is 6.49. The fraction of sp³-hybridized carbons (Fsp3) is 0.357. The molecule has 2 aromatic rings. The molecule has 35 heavy (non-hydrogen) atoms. The summed E-state index contributed by atoms with van der Waals surface area (Å²) in [5.74, 6) is -1.29. The number of allylic oxidation sites excluding steroid dienone is 1. The van der Waals surface area contributed by atoms with Crippen molar-refractivity contribution in [3.05, 3.63) is 81.9 Å². The molecule has 0 radical (unpaired) electrons. The second kappa shape index (κ2) is 9.57. The van der Waals surface area contributed by atoms with E-state index in [1.165, 1.54) is 0 Å². The number of benzene rings is 2. The van der Waals surface area contributed by atoms with E-state index in [9.17, 15) is 24.8 Å². The van der Waals surface area contributed by atoms with Crippen LogP contribution in [0.3, 0.4) is 0 Å². The average Bonchev–Trinajstić information content (AvgIpc) is 2.86. The molecule has 0 spiro atoms. The van der Waals surface area contributed by atoms with Crippen LogP contribution < -0.4 is 0 Å². The van der Waals surface area contributed by atoms with E-state index in [4.69, 9.17) is 4.65 Å². The highest BCUT2D eigenvalue weighted by Gasteiger charge is 2.53. The molecule has 7 heteroatoms. The van der Waals surface area contributed by atoms with Crippen LogP contribution in [0.1, 0.15) is 52.5 Å². The average molecular weight is 472 g/mol. The first kappa shape index (κ1) is 23.7. The molecule has 180 valence electrons. The monoisotopic (exact) mass is 472 g/mol.